The van der Waals surface area contributed by atoms with Crippen LogP contribution in [-0.2, 0) is 0 Å². The van der Waals surface area contributed by atoms with E-state index in [1.54, 1.807) is 32.2 Å². The lowest BCUT2D eigenvalue weighted by molar-refractivity contribution is 0.0825. The lowest BCUT2D eigenvalue weighted by Crippen LogP contribution is -2.40. The maximum Gasteiger partial charge on any atom is 0.257 e. The lowest BCUT2D eigenvalue weighted by atomic mass is 10.1. The zero-order valence-electron chi connectivity index (χ0n) is 14.0. The number of phenolic OH excluding ortho intramolecular Hbond substituents is 1. The minimum absolute atomic E-state index is 0.0602. The van der Waals surface area contributed by atoms with Crippen LogP contribution in [0, 0.1) is 0 Å². The van der Waals surface area contributed by atoms with Crippen LogP contribution in [-0.4, -0.2) is 48.6 Å². The molecule has 0 saturated heterocycles. The van der Waals surface area contributed by atoms with Crippen LogP contribution >= 0.6 is 0 Å². The molecule has 2 aromatic rings. The number of para-hydroxylation sites is 1. The van der Waals surface area contributed by atoms with E-state index in [1.807, 2.05) is 6.92 Å². The number of hydrazine groups is 1. The van der Waals surface area contributed by atoms with Gasteiger partial charge in [0.25, 0.3) is 16.8 Å². The maximum absolute atomic E-state index is 12.0. The highest BCUT2D eigenvalue weighted by molar-refractivity contribution is 5.99. The highest BCUT2D eigenvalue weighted by Crippen LogP contribution is 2.31. The number of carbonyl (C=O) groups is 1. The maximum atomic E-state index is 12.0. The van der Waals surface area contributed by atoms with Gasteiger partial charge in [0.1, 0.15) is 11.4 Å². The van der Waals surface area contributed by atoms with Gasteiger partial charge in [-0.15, -0.1) is 0 Å². The standard InChI is InChI=1S/C16H20N4O4/c1-5-20(4)18-12-11(14(22)15(12)23)17-10-8-6-7-9(13(10)21)16(24)19(2)3/h6-8,17-18,21H,5H2,1-4H3. The first-order valence-electron chi connectivity index (χ1n) is 7.39. The Morgan fingerprint density at radius 3 is 2.33 bits per heavy atom. The molecule has 0 atom stereocenters. The summed E-state index contributed by atoms with van der Waals surface area (Å²) >= 11 is 0. The van der Waals surface area contributed by atoms with Crippen molar-refractivity contribution in [2.24, 2.45) is 0 Å². The Labute approximate surface area is 139 Å². The molecular formula is C16H20N4O4. The van der Waals surface area contributed by atoms with Crippen molar-refractivity contribution in [3.05, 3.63) is 44.2 Å². The normalized spacial score (nSPS) is 10.9. The van der Waals surface area contributed by atoms with Crippen LogP contribution in [0.4, 0.5) is 17.1 Å². The van der Waals surface area contributed by atoms with Crippen molar-refractivity contribution in [3.8, 4) is 5.75 Å². The second-order valence-electron chi connectivity index (χ2n) is 5.56. The predicted octanol–water partition coefficient (Wildman–Crippen LogP) is 0.712. The van der Waals surface area contributed by atoms with Crippen LogP contribution in [0.25, 0.3) is 0 Å². The molecule has 2 aromatic carbocycles. The van der Waals surface area contributed by atoms with Crippen LogP contribution in [0.3, 0.4) is 0 Å². The summed E-state index contributed by atoms with van der Waals surface area (Å²) in [6.45, 7) is 2.50. The van der Waals surface area contributed by atoms with Crippen LogP contribution in [0.15, 0.2) is 27.8 Å². The third-order valence-electron chi connectivity index (χ3n) is 3.62. The van der Waals surface area contributed by atoms with Crippen molar-refractivity contribution in [2.45, 2.75) is 6.92 Å². The SMILES string of the molecule is CCN(C)Nc1c(Nc2cccc(C(=O)N(C)C)c2O)c(=O)c1=O. The number of carbonyl (C=O) groups excluding carboxylic acids is 1. The summed E-state index contributed by atoms with van der Waals surface area (Å²) in [7, 11) is 4.87. The van der Waals surface area contributed by atoms with Crippen molar-refractivity contribution >= 4 is 23.0 Å². The summed E-state index contributed by atoms with van der Waals surface area (Å²) in [6, 6.07) is 4.58. The quantitative estimate of drug-likeness (QED) is 0.407. The molecule has 1 amide bonds. The molecule has 0 fully saturated rings. The molecule has 0 aliphatic carbocycles. The summed E-state index contributed by atoms with van der Waals surface area (Å²) in [6.07, 6.45) is 0. The third-order valence-corrected chi connectivity index (χ3v) is 3.62. The molecule has 0 saturated carbocycles. The van der Waals surface area contributed by atoms with Gasteiger partial charge in [0.05, 0.1) is 11.3 Å². The summed E-state index contributed by atoms with van der Waals surface area (Å²) in [4.78, 5) is 36.9. The largest absolute Gasteiger partial charge is 0.505 e. The van der Waals surface area contributed by atoms with Gasteiger partial charge in [0, 0.05) is 27.7 Å². The third kappa shape index (κ3) is 3.09. The first-order chi connectivity index (χ1) is 11.3. The molecule has 0 bridgehead atoms. The molecule has 2 rings (SSSR count). The van der Waals surface area contributed by atoms with E-state index >= 15 is 0 Å². The molecule has 0 radical (unpaired) electrons. The van der Waals surface area contributed by atoms with E-state index in [0.717, 1.165) is 0 Å². The van der Waals surface area contributed by atoms with Gasteiger partial charge in [0.2, 0.25) is 0 Å². The first-order valence-corrected chi connectivity index (χ1v) is 7.39. The number of nitrogens with zero attached hydrogens (tertiary/aromatic N) is 2. The number of rotatable bonds is 6. The summed E-state index contributed by atoms with van der Waals surface area (Å²) in [5.41, 5.74) is 1.98. The number of phenols is 1. The second-order valence-corrected chi connectivity index (χ2v) is 5.56. The van der Waals surface area contributed by atoms with E-state index in [9.17, 15) is 19.5 Å². The Hall–Kier alpha value is -2.87. The topological polar surface area (TPSA) is 102 Å². The molecule has 0 unspecified atom stereocenters. The minimum atomic E-state index is -0.675. The Morgan fingerprint density at radius 2 is 1.75 bits per heavy atom. The fourth-order valence-electron chi connectivity index (χ4n) is 2.08. The molecule has 24 heavy (non-hydrogen) atoms. The number of hydrogen-bond acceptors (Lipinski definition) is 7. The Kier molecular flexibility index (Phi) is 4.89. The van der Waals surface area contributed by atoms with E-state index in [4.69, 9.17) is 0 Å². The Balaban J connectivity index is 2.35. The molecule has 0 aliphatic rings. The van der Waals surface area contributed by atoms with Crippen molar-refractivity contribution in [1.82, 2.24) is 9.91 Å². The van der Waals surface area contributed by atoms with Crippen LogP contribution in [0.2, 0.25) is 0 Å². The zero-order chi connectivity index (χ0) is 18.0. The number of benzene rings is 1. The van der Waals surface area contributed by atoms with E-state index in [0.29, 0.717) is 6.54 Å². The van der Waals surface area contributed by atoms with Crippen LogP contribution < -0.4 is 21.6 Å². The van der Waals surface area contributed by atoms with Crippen molar-refractivity contribution in [1.29, 1.82) is 0 Å². The van der Waals surface area contributed by atoms with Gasteiger partial charge in [-0.2, -0.15) is 0 Å². The van der Waals surface area contributed by atoms with Gasteiger partial charge in [-0.1, -0.05) is 13.0 Å². The van der Waals surface area contributed by atoms with Crippen LogP contribution in [0.5, 0.6) is 5.75 Å². The number of amides is 1. The zero-order valence-corrected chi connectivity index (χ0v) is 14.0. The summed E-state index contributed by atoms with van der Waals surface area (Å²) < 4.78 is 0. The van der Waals surface area contributed by atoms with E-state index in [1.165, 1.54) is 17.0 Å². The first kappa shape index (κ1) is 17.5. The number of aromatic hydroxyl groups is 1. The number of hydrogen-bond donors (Lipinski definition) is 3. The average Bonchev–Trinajstić information content (AvgIpc) is 2.57. The molecular weight excluding hydrogens is 312 g/mol. The van der Waals surface area contributed by atoms with Gasteiger partial charge in [-0.25, -0.2) is 5.01 Å². The minimum Gasteiger partial charge on any atom is -0.505 e. The monoisotopic (exact) mass is 332 g/mol. The number of nitrogens with one attached hydrogen (secondary N) is 2. The van der Waals surface area contributed by atoms with Gasteiger partial charge < -0.3 is 20.7 Å². The second kappa shape index (κ2) is 6.71. The fraction of sp³-hybridized carbons (Fsp3) is 0.312. The lowest BCUT2D eigenvalue weighted by Gasteiger charge is -2.21. The summed E-state index contributed by atoms with van der Waals surface area (Å²) in [5.74, 6) is -0.649. The number of anilines is 3. The smallest absolute Gasteiger partial charge is 0.257 e. The fourth-order valence-corrected chi connectivity index (χ4v) is 2.08. The highest BCUT2D eigenvalue weighted by atomic mass is 16.3. The molecule has 0 heterocycles. The predicted molar refractivity (Wildman–Crippen MR) is 92.7 cm³/mol. The van der Waals surface area contributed by atoms with Gasteiger partial charge >= 0.3 is 0 Å². The van der Waals surface area contributed by atoms with E-state index in [2.05, 4.69) is 10.7 Å². The molecule has 128 valence electrons. The molecule has 0 aliphatic heterocycles. The van der Waals surface area contributed by atoms with Crippen molar-refractivity contribution in [2.75, 3.05) is 38.4 Å². The van der Waals surface area contributed by atoms with Gasteiger partial charge in [-0.3, -0.25) is 14.4 Å². The van der Waals surface area contributed by atoms with Gasteiger partial charge in [-0.05, 0) is 12.1 Å². The van der Waals surface area contributed by atoms with Crippen LogP contribution in [0.1, 0.15) is 17.3 Å². The van der Waals surface area contributed by atoms with Gasteiger partial charge in [0.15, 0.2) is 5.75 Å². The van der Waals surface area contributed by atoms with Crippen molar-refractivity contribution in [3.63, 3.8) is 0 Å². The molecule has 3 N–H and O–H groups in total. The van der Waals surface area contributed by atoms with E-state index in [-0.39, 0.29) is 34.3 Å². The molecule has 8 heteroatoms. The Bertz CT molecular complexity index is 837. The molecule has 8 nitrogen and oxygen atoms in total. The Morgan fingerprint density at radius 1 is 1.12 bits per heavy atom. The summed E-state index contributed by atoms with van der Waals surface area (Å²) in [5, 5.41) is 14.7. The highest BCUT2D eigenvalue weighted by Gasteiger charge is 2.24. The molecule has 0 spiro atoms. The molecule has 0 aromatic heterocycles. The average molecular weight is 332 g/mol. The van der Waals surface area contributed by atoms with E-state index < -0.39 is 10.9 Å². The van der Waals surface area contributed by atoms with Crippen molar-refractivity contribution < 1.29 is 9.90 Å².